The van der Waals surface area contributed by atoms with Gasteiger partial charge in [0.25, 0.3) is 0 Å². The summed E-state index contributed by atoms with van der Waals surface area (Å²) < 4.78 is 8.19. The van der Waals surface area contributed by atoms with Crippen LogP contribution in [0, 0.1) is 0 Å². The van der Waals surface area contributed by atoms with Crippen molar-refractivity contribution in [2.24, 2.45) is 0 Å². The van der Waals surface area contributed by atoms with E-state index in [1.54, 1.807) is 6.20 Å². The van der Waals surface area contributed by atoms with E-state index < -0.39 is 0 Å². The van der Waals surface area contributed by atoms with Gasteiger partial charge in [0.05, 0.1) is 11.9 Å². The molecule has 3 aromatic carbocycles. The second kappa shape index (κ2) is 7.59. The number of para-hydroxylation sites is 2. The van der Waals surface area contributed by atoms with Crippen molar-refractivity contribution in [1.29, 1.82) is 0 Å². The van der Waals surface area contributed by atoms with Crippen molar-refractivity contribution in [3.05, 3.63) is 104 Å². The number of aromatic nitrogens is 4. The molecule has 0 saturated carbocycles. The van der Waals surface area contributed by atoms with Gasteiger partial charge in [0.15, 0.2) is 11.5 Å². The highest BCUT2D eigenvalue weighted by atomic mass is 16.5. The summed E-state index contributed by atoms with van der Waals surface area (Å²) in [4.78, 5) is 12.4. The molecule has 0 bridgehead atoms. The predicted molar refractivity (Wildman–Crippen MR) is 127 cm³/mol. The largest absolute Gasteiger partial charge is 0.457 e. The van der Waals surface area contributed by atoms with Gasteiger partial charge in [-0.1, -0.05) is 30.3 Å². The van der Waals surface area contributed by atoms with Crippen molar-refractivity contribution in [2.45, 2.75) is 0 Å². The van der Waals surface area contributed by atoms with Crippen LogP contribution >= 0.6 is 0 Å². The van der Waals surface area contributed by atoms with Crippen LogP contribution in [0.5, 0.6) is 11.5 Å². The number of anilines is 2. The molecule has 0 aliphatic heterocycles. The minimum Gasteiger partial charge on any atom is -0.457 e. The zero-order valence-corrected chi connectivity index (χ0v) is 17.1. The summed E-state index contributed by atoms with van der Waals surface area (Å²) in [5.41, 5.74) is 4.67. The molecule has 32 heavy (non-hydrogen) atoms. The number of nitrogens with one attached hydrogen (secondary N) is 2. The average Bonchev–Trinajstić information content (AvgIpc) is 3.47. The maximum Gasteiger partial charge on any atom is 0.180 e. The number of fused-ring (bicyclic) bond motifs is 2. The van der Waals surface area contributed by atoms with Gasteiger partial charge in [0.2, 0.25) is 0 Å². The molecule has 0 atom stereocenters. The van der Waals surface area contributed by atoms with E-state index in [0.29, 0.717) is 5.82 Å². The SMILES string of the molecule is c1ccc(Oc2ccccc2-c2cnc3c(Nc4ccc5[nH]ccc5c4)nccn23)cc1. The second-order valence-electron chi connectivity index (χ2n) is 7.43. The normalized spacial score (nSPS) is 11.1. The van der Waals surface area contributed by atoms with Gasteiger partial charge in [-0.3, -0.25) is 4.40 Å². The molecule has 0 spiro atoms. The van der Waals surface area contributed by atoms with E-state index >= 15 is 0 Å². The smallest absolute Gasteiger partial charge is 0.180 e. The number of H-pyrrole nitrogens is 1. The highest BCUT2D eigenvalue weighted by Crippen LogP contribution is 2.34. The van der Waals surface area contributed by atoms with Gasteiger partial charge >= 0.3 is 0 Å². The first-order chi connectivity index (χ1) is 15.8. The Balaban J connectivity index is 1.39. The first-order valence-corrected chi connectivity index (χ1v) is 10.3. The predicted octanol–water partition coefficient (Wildman–Crippen LogP) is 6.41. The molecule has 0 unspecified atom stereocenters. The number of imidazole rings is 1. The molecule has 154 valence electrons. The molecule has 0 aliphatic rings. The van der Waals surface area contributed by atoms with E-state index in [-0.39, 0.29) is 0 Å². The van der Waals surface area contributed by atoms with E-state index in [0.717, 1.165) is 45.0 Å². The number of aromatic amines is 1. The molecular weight excluding hydrogens is 398 g/mol. The Kier molecular flexibility index (Phi) is 4.32. The van der Waals surface area contributed by atoms with E-state index in [1.165, 1.54) is 0 Å². The number of benzene rings is 3. The Morgan fingerprint density at radius 3 is 2.69 bits per heavy atom. The lowest BCUT2D eigenvalue weighted by Crippen LogP contribution is -1.99. The summed E-state index contributed by atoms with van der Waals surface area (Å²) in [6, 6.07) is 26.0. The number of ether oxygens (including phenoxy) is 1. The van der Waals surface area contributed by atoms with Crippen LogP contribution in [0.1, 0.15) is 0 Å². The summed E-state index contributed by atoms with van der Waals surface area (Å²) in [7, 11) is 0. The zero-order valence-electron chi connectivity index (χ0n) is 17.1. The van der Waals surface area contributed by atoms with Crippen LogP contribution in [0.2, 0.25) is 0 Å². The Morgan fingerprint density at radius 1 is 0.875 bits per heavy atom. The lowest BCUT2D eigenvalue weighted by Gasteiger charge is -2.12. The fourth-order valence-electron chi connectivity index (χ4n) is 3.86. The lowest BCUT2D eigenvalue weighted by atomic mass is 10.1. The highest BCUT2D eigenvalue weighted by Gasteiger charge is 2.14. The minimum absolute atomic E-state index is 0.690. The molecule has 6 aromatic rings. The molecule has 3 aromatic heterocycles. The molecule has 6 nitrogen and oxygen atoms in total. The van der Waals surface area contributed by atoms with Gasteiger partial charge in [-0.05, 0) is 48.5 Å². The zero-order chi connectivity index (χ0) is 21.3. The summed E-state index contributed by atoms with van der Waals surface area (Å²) >= 11 is 0. The van der Waals surface area contributed by atoms with Crippen LogP contribution in [-0.2, 0) is 0 Å². The number of hydrogen-bond donors (Lipinski definition) is 2. The van der Waals surface area contributed by atoms with Gasteiger partial charge in [-0.2, -0.15) is 0 Å². The van der Waals surface area contributed by atoms with E-state index in [4.69, 9.17) is 4.74 Å². The molecule has 0 fully saturated rings. The molecule has 0 radical (unpaired) electrons. The lowest BCUT2D eigenvalue weighted by molar-refractivity contribution is 0.484. The minimum atomic E-state index is 0.690. The number of rotatable bonds is 5. The maximum absolute atomic E-state index is 6.17. The summed E-state index contributed by atoms with van der Waals surface area (Å²) in [6.07, 6.45) is 7.47. The average molecular weight is 417 g/mol. The highest BCUT2D eigenvalue weighted by molar-refractivity contribution is 5.85. The first kappa shape index (κ1) is 18.2. The van der Waals surface area contributed by atoms with Crippen molar-refractivity contribution < 1.29 is 4.74 Å². The van der Waals surface area contributed by atoms with Gasteiger partial charge < -0.3 is 15.0 Å². The Hall–Kier alpha value is -4.58. The standard InChI is InChI=1S/C26H19N5O/c1-2-6-20(7-3-1)32-24-9-5-4-8-21(24)23-17-29-26-25(28-14-15-31(23)26)30-19-10-11-22-18(16-19)12-13-27-22/h1-17,27H,(H,28,30). The molecular formula is C26H19N5O. The fourth-order valence-corrected chi connectivity index (χ4v) is 3.86. The fraction of sp³-hybridized carbons (Fsp3) is 0. The Morgan fingerprint density at radius 2 is 1.75 bits per heavy atom. The summed E-state index contributed by atoms with van der Waals surface area (Å²) in [5, 5.41) is 4.55. The summed E-state index contributed by atoms with van der Waals surface area (Å²) in [5.74, 6) is 2.25. The molecule has 0 aliphatic carbocycles. The quantitative estimate of drug-likeness (QED) is 0.340. The third kappa shape index (κ3) is 3.24. The topological polar surface area (TPSA) is 67.2 Å². The molecule has 0 saturated heterocycles. The summed E-state index contributed by atoms with van der Waals surface area (Å²) in [6.45, 7) is 0. The second-order valence-corrected chi connectivity index (χ2v) is 7.43. The van der Waals surface area contributed by atoms with Crippen molar-refractivity contribution in [2.75, 3.05) is 5.32 Å². The van der Waals surface area contributed by atoms with E-state index in [2.05, 4.69) is 26.3 Å². The van der Waals surface area contributed by atoms with Crippen molar-refractivity contribution in [3.63, 3.8) is 0 Å². The van der Waals surface area contributed by atoms with Crippen LogP contribution in [0.25, 0.3) is 27.8 Å². The third-order valence-electron chi connectivity index (χ3n) is 5.38. The van der Waals surface area contributed by atoms with Crippen molar-refractivity contribution >= 4 is 28.1 Å². The molecule has 6 heteroatoms. The molecule has 0 amide bonds. The van der Waals surface area contributed by atoms with Crippen LogP contribution in [0.4, 0.5) is 11.5 Å². The first-order valence-electron chi connectivity index (χ1n) is 10.3. The van der Waals surface area contributed by atoms with Gasteiger partial charge in [0.1, 0.15) is 11.5 Å². The number of hydrogen-bond acceptors (Lipinski definition) is 4. The Labute approximate surface area is 184 Å². The van der Waals surface area contributed by atoms with Crippen molar-refractivity contribution in [1.82, 2.24) is 19.4 Å². The van der Waals surface area contributed by atoms with E-state index in [1.807, 2.05) is 95.8 Å². The van der Waals surface area contributed by atoms with E-state index in [9.17, 15) is 0 Å². The monoisotopic (exact) mass is 417 g/mol. The van der Waals surface area contributed by atoms with Crippen molar-refractivity contribution in [3.8, 4) is 22.8 Å². The molecule has 6 rings (SSSR count). The van der Waals surface area contributed by atoms with Gasteiger partial charge in [0, 0.05) is 40.7 Å². The van der Waals surface area contributed by atoms with Gasteiger partial charge in [-0.25, -0.2) is 9.97 Å². The number of nitrogens with zero attached hydrogens (tertiary/aromatic N) is 3. The van der Waals surface area contributed by atoms with Gasteiger partial charge in [-0.15, -0.1) is 0 Å². The molecule has 2 N–H and O–H groups in total. The van der Waals surface area contributed by atoms with Crippen LogP contribution in [-0.4, -0.2) is 19.4 Å². The molecule has 3 heterocycles. The third-order valence-corrected chi connectivity index (χ3v) is 5.38. The van der Waals surface area contributed by atoms with Crippen LogP contribution in [0.3, 0.4) is 0 Å². The Bertz CT molecular complexity index is 1530. The van der Waals surface area contributed by atoms with Crippen LogP contribution < -0.4 is 10.1 Å². The maximum atomic E-state index is 6.17. The van der Waals surface area contributed by atoms with Crippen LogP contribution in [0.15, 0.2) is 104 Å².